The molecule has 160 valence electrons. The molecule has 0 atom stereocenters. The maximum absolute atomic E-state index is 12.4. The number of anilines is 2. The summed E-state index contributed by atoms with van der Waals surface area (Å²) in [4.78, 5) is 34.1. The summed E-state index contributed by atoms with van der Waals surface area (Å²) in [6.07, 6.45) is 1.92. The molecule has 0 aliphatic rings. The van der Waals surface area contributed by atoms with Gasteiger partial charge in [0.1, 0.15) is 17.4 Å². The molecule has 1 aromatic heterocycles. The second-order valence-corrected chi connectivity index (χ2v) is 7.16. The molecule has 0 bridgehead atoms. The first-order chi connectivity index (χ1) is 14.9. The van der Waals surface area contributed by atoms with Crippen molar-refractivity contribution < 1.29 is 19.4 Å². The standard InChI is InChI=1S/C23H24N4O4/c1-27(2)22-17(13-21(28)29)14-24-20(26-22)11-15-7-9-18(10-8-15)25-23(30)16-5-4-6-19(12-16)31-3/h4-10,12,14H,11,13H2,1-3H3,(H,25,30)(H,28,29). The Morgan fingerprint density at radius 1 is 1.13 bits per heavy atom. The van der Waals surface area contributed by atoms with Crippen molar-refractivity contribution in [2.45, 2.75) is 12.8 Å². The van der Waals surface area contributed by atoms with Crippen molar-refractivity contribution in [3.63, 3.8) is 0 Å². The second-order valence-electron chi connectivity index (χ2n) is 7.16. The minimum Gasteiger partial charge on any atom is -0.497 e. The van der Waals surface area contributed by atoms with E-state index in [-0.39, 0.29) is 12.3 Å². The highest BCUT2D eigenvalue weighted by atomic mass is 16.5. The molecule has 0 aliphatic carbocycles. The SMILES string of the molecule is COc1cccc(C(=O)Nc2ccc(Cc3ncc(CC(=O)O)c(N(C)C)n3)cc2)c1. The van der Waals surface area contributed by atoms with E-state index in [1.807, 2.05) is 38.4 Å². The third kappa shape index (κ3) is 5.79. The number of hydrogen-bond acceptors (Lipinski definition) is 6. The topological polar surface area (TPSA) is 105 Å². The fraction of sp³-hybridized carbons (Fsp3) is 0.217. The van der Waals surface area contributed by atoms with E-state index in [2.05, 4.69) is 15.3 Å². The number of amides is 1. The lowest BCUT2D eigenvalue weighted by Crippen LogP contribution is -2.17. The van der Waals surface area contributed by atoms with E-state index in [1.54, 1.807) is 42.5 Å². The van der Waals surface area contributed by atoms with Crippen LogP contribution in [0.1, 0.15) is 27.3 Å². The van der Waals surface area contributed by atoms with Gasteiger partial charge in [-0.15, -0.1) is 0 Å². The zero-order valence-corrected chi connectivity index (χ0v) is 17.6. The Morgan fingerprint density at radius 2 is 1.87 bits per heavy atom. The molecule has 8 nitrogen and oxygen atoms in total. The molecule has 0 saturated heterocycles. The fourth-order valence-corrected chi connectivity index (χ4v) is 3.05. The van der Waals surface area contributed by atoms with Crippen molar-refractivity contribution >= 4 is 23.4 Å². The molecular weight excluding hydrogens is 396 g/mol. The number of carbonyl (C=O) groups is 2. The zero-order valence-electron chi connectivity index (χ0n) is 17.6. The van der Waals surface area contributed by atoms with Crippen molar-refractivity contribution in [2.75, 3.05) is 31.4 Å². The molecule has 2 N–H and O–H groups in total. The Labute approximate surface area is 180 Å². The van der Waals surface area contributed by atoms with E-state index in [0.29, 0.717) is 40.6 Å². The Morgan fingerprint density at radius 3 is 2.52 bits per heavy atom. The number of benzene rings is 2. The number of rotatable bonds is 8. The fourth-order valence-electron chi connectivity index (χ4n) is 3.05. The van der Waals surface area contributed by atoms with E-state index in [1.165, 1.54) is 0 Å². The number of aromatic nitrogens is 2. The molecule has 0 saturated carbocycles. The number of methoxy groups -OCH3 is 1. The Kier molecular flexibility index (Phi) is 6.81. The highest BCUT2D eigenvalue weighted by molar-refractivity contribution is 6.04. The van der Waals surface area contributed by atoms with Gasteiger partial charge in [-0.05, 0) is 35.9 Å². The molecule has 3 rings (SSSR count). The summed E-state index contributed by atoms with van der Waals surface area (Å²) < 4.78 is 5.15. The van der Waals surface area contributed by atoms with Gasteiger partial charge in [0, 0.05) is 43.5 Å². The van der Waals surface area contributed by atoms with Crippen LogP contribution in [0.25, 0.3) is 0 Å². The molecule has 2 aromatic carbocycles. The van der Waals surface area contributed by atoms with Crippen molar-refractivity contribution in [1.82, 2.24) is 9.97 Å². The van der Waals surface area contributed by atoms with Gasteiger partial charge in [0.15, 0.2) is 0 Å². The average Bonchev–Trinajstić information content (AvgIpc) is 2.75. The van der Waals surface area contributed by atoms with Crippen LogP contribution in [-0.4, -0.2) is 48.2 Å². The van der Waals surface area contributed by atoms with Gasteiger partial charge in [-0.3, -0.25) is 9.59 Å². The quantitative estimate of drug-likeness (QED) is 0.577. The lowest BCUT2D eigenvalue weighted by atomic mass is 10.1. The van der Waals surface area contributed by atoms with Crippen molar-refractivity contribution in [1.29, 1.82) is 0 Å². The molecule has 0 radical (unpaired) electrons. The zero-order chi connectivity index (χ0) is 22.4. The van der Waals surface area contributed by atoms with Gasteiger partial charge in [-0.1, -0.05) is 18.2 Å². The molecule has 3 aromatic rings. The molecule has 31 heavy (non-hydrogen) atoms. The van der Waals surface area contributed by atoms with Crippen molar-refractivity contribution in [3.8, 4) is 5.75 Å². The Balaban J connectivity index is 1.69. The van der Waals surface area contributed by atoms with Crippen LogP contribution < -0.4 is 15.0 Å². The Hall–Kier alpha value is -3.94. The predicted molar refractivity (Wildman–Crippen MR) is 118 cm³/mol. The van der Waals surface area contributed by atoms with E-state index < -0.39 is 5.97 Å². The lowest BCUT2D eigenvalue weighted by Gasteiger charge is -2.16. The van der Waals surface area contributed by atoms with E-state index in [9.17, 15) is 9.59 Å². The first kappa shape index (κ1) is 21.8. The summed E-state index contributed by atoms with van der Waals surface area (Å²) in [6.45, 7) is 0. The molecule has 8 heteroatoms. The number of hydrogen-bond donors (Lipinski definition) is 2. The number of nitrogens with one attached hydrogen (secondary N) is 1. The van der Waals surface area contributed by atoms with Crippen LogP contribution in [0.4, 0.5) is 11.5 Å². The van der Waals surface area contributed by atoms with Gasteiger partial charge >= 0.3 is 5.97 Å². The third-order valence-corrected chi connectivity index (χ3v) is 4.56. The second kappa shape index (κ2) is 9.71. The number of carboxylic acid groups (broad SMARTS) is 1. The van der Waals surface area contributed by atoms with Crippen LogP contribution in [-0.2, 0) is 17.6 Å². The minimum absolute atomic E-state index is 0.129. The highest BCUT2D eigenvalue weighted by Gasteiger charge is 2.13. The number of carboxylic acids is 1. The summed E-state index contributed by atoms with van der Waals surface area (Å²) in [5.41, 5.74) is 2.71. The summed E-state index contributed by atoms with van der Waals surface area (Å²) in [5, 5.41) is 11.9. The molecular formula is C23H24N4O4. The number of carbonyl (C=O) groups excluding carboxylic acids is 1. The van der Waals surface area contributed by atoms with Crippen molar-refractivity contribution in [3.05, 3.63) is 77.2 Å². The number of aliphatic carboxylic acids is 1. The number of nitrogens with zero attached hydrogens (tertiary/aromatic N) is 3. The highest BCUT2D eigenvalue weighted by Crippen LogP contribution is 2.19. The van der Waals surface area contributed by atoms with Crippen LogP contribution >= 0.6 is 0 Å². The van der Waals surface area contributed by atoms with Crippen LogP contribution in [0.15, 0.2) is 54.7 Å². The summed E-state index contributed by atoms with van der Waals surface area (Å²) in [7, 11) is 5.19. The number of ether oxygens (including phenoxy) is 1. The van der Waals surface area contributed by atoms with Gasteiger partial charge < -0.3 is 20.1 Å². The molecule has 1 amide bonds. The first-order valence-electron chi connectivity index (χ1n) is 9.64. The monoisotopic (exact) mass is 420 g/mol. The average molecular weight is 420 g/mol. The van der Waals surface area contributed by atoms with Gasteiger partial charge in [0.05, 0.1) is 13.5 Å². The first-order valence-corrected chi connectivity index (χ1v) is 9.64. The summed E-state index contributed by atoms with van der Waals surface area (Å²) >= 11 is 0. The van der Waals surface area contributed by atoms with Gasteiger partial charge in [0.25, 0.3) is 5.91 Å². The smallest absolute Gasteiger partial charge is 0.308 e. The summed E-state index contributed by atoms with van der Waals surface area (Å²) in [6, 6.07) is 14.4. The van der Waals surface area contributed by atoms with Gasteiger partial charge in [0.2, 0.25) is 0 Å². The van der Waals surface area contributed by atoms with Crippen LogP contribution in [0.3, 0.4) is 0 Å². The maximum Gasteiger partial charge on any atom is 0.308 e. The van der Waals surface area contributed by atoms with Crippen molar-refractivity contribution in [2.24, 2.45) is 0 Å². The normalized spacial score (nSPS) is 10.4. The van der Waals surface area contributed by atoms with Crippen LogP contribution in [0.2, 0.25) is 0 Å². The van der Waals surface area contributed by atoms with Crippen LogP contribution in [0, 0.1) is 0 Å². The van der Waals surface area contributed by atoms with Crippen LogP contribution in [0.5, 0.6) is 5.75 Å². The van der Waals surface area contributed by atoms with Gasteiger partial charge in [-0.25, -0.2) is 9.97 Å². The van der Waals surface area contributed by atoms with E-state index in [4.69, 9.17) is 9.84 Å². The Bertz CT molecular complexity index is 1080. The molecule has 0 fully saturated rings. The van der Waals surface area contributed by atoms with Gasteiger partial charge in [-0.2, -0.15) is 0 Å². The minimum atomic E-state index is -0.925. The predicted octanol–water partition coefficient (Wildman–Crippen LogP) is 3.02. The maximum atomic E-state index is 12.4. The molecule has 0 unspecified atom stereocenters. The molecule has 0 spiro atoms. The lowest BCUT2D eigenvalue weighted by molar-refractivity contribution is -0.136. The third-order valence-electron chi connectivity index (χ3n) is 4.56. The summed E-state index contributed by atoms with van der Waals surface area (Å²) in [5.74, 6) is 0.653. The van der Waals surface area contributed by atoms with E-state index >= 15 is 0 Å². The van der Waals surface area contributed by atoms with E-state index in [0.717, 1.165) is 5.56 Å². The largest absolute Gasteiger partial charge is 0.497 e. The molecule has 0 aliphatic heterocycles. The molecule has 1 heterocycles.